The lowest BCUT2D eigenvalue weighted by atomic mass is 10.2. The van der Waals surface area contributed by atoms with Crippen LogP contribution in [0.25, 0.3) is 0 Å². The molecule has 2 rings (SSSR count). The lowest BCUT2D eigenvalue weighted by molar-refractivity contribution is 0.102. The molecule has 2 aromatic carbocycles. The molecule has 0 heterocycles. The van der Waals surface area contributed by atoms with Crippen molar-refractivity contribution in [2.75, 3.05) is 18.4 Å². The molecule has 0 radical (unpaired) electrons. The zero-order chi connectivity index (χ0) is 18.9. The number of thiocarbonyl (C=S) groups is 1. The van der Waals surface area contributed by atoms with Gasteiger partial charge < -0.3 is 15.0 Å². The summed E-state index contributed by atoms with van der Waals surface area (Å²) in [6, 6.07) is 12.4. The Morgan fingerprint density at radius 3 is 2.31 bits per heavy atom. The molecular weight excluding hydrogens is 351 g/mol. The summed E-state index contributed by atoms with van der Waals surface area (Å²) >= 11 is 5.26. The van der Waals surface area contributed by atoms with E-state index in [0.717, 1.165) is 0 Å². The minimum atomic E-state index is -0.490. The molecule has 4 nitrogen and oxygen atoms in total. The molecule has 0 unspecified atom stereocenters. The monoisotopic (exact) mass is 370 g/mol. The first kappa shape index (κ1) is 19.3. The molecule has 2 aromatic rings. The maximum atomic E-state index is 13.6. The Morgan fingerprint density at radius 2 is 1.73 bits per heavy atom. The summed E-state index contributed by atoms with van der Waals surface area (Å²) in [6.07, 6.45) is 3.44. The predicted octanol–water partition coefficient (Wildman–Crippen LogP) is 4.42. The summed E-state index contributed by atoms with van der Waals surface area (Å²) in [5.41, 5.74) is 0.504. The molecule has 0 aromatic heterocycles. The van der Waals surface area contributed by atoms with Gasteiger partial charge in [-0.1, -0.05) is 24.3 Å². The van der Waals surface area contributed by atoms with Crippen molar-refractivity contribution in [3.63, 3.8) is 0 Å². The molecule has 0 saturated heterocycles. The fourth-order valence-corrected chi connectivity index (χ4v) is 2.38. The van der Waals surface area contributed by atoms with E-state index in [1.54, 1.807) is 53.5 Å². The van der Waals surface area contributed by atoms with Crippen LogP contribution in [0, 0.1) is 5.82 Å². The highest BCUT2D eigenvalue weighted by molar-refractivity contribution is 7.80. The van der Waals surface area contributed by atoms with Gasteiger partial charge in [0.15, 0.2) is 0 Å². The fraction of sp³-hybridized carbons (Fsp3) is 0.100. The van der Waals surface area contributed by atoms with Crippen LogP contribution in [0.1, 0.15) is 10.4 Å². The number of amides is 1. The summed E-state index contributed by atoms with van der Waals surface area (Å²) in [6.45, 7) is 8.43. The smallest absolute Gasteiger partial charge is 0.265 e. The van der Waals surface area contributed by atoms with E-state index in [9.17, 15) is 9.18 Å². The van der Waals surface area contributed by atoms with Crippen molar-refractivity contribution in [3.8, 4) is 5.75 Å². The van der Waals surface area contributed by atoms with Crippen LogP contribution >= 0.6 is 12.2 Å². The second-order valence-corrected chi connectivity index (χ2v) is 5.66. The number of nitrogens with one attached hydrogen (secondary N) is 1. The van der Waals surface area contributed by atoms with Gasteiger partial charge in [0.2, 0.25) is 0 Å². The molecule has 134 valence electrons. The molecule has 0 bridgehead atoms. The Balaban J connectivity index is 2.02. The summed E-state index contributed by atoms with van der Waals surface area (Å²) < 4.78 is 19.2. The number of anilines is 1. The predicted molar refractivity (Wildman–Crippen MR) is 106 cm³/mol. The van der Waals surface area contributed by atoms with Crippen LogP contribution < -0.4 is 10.1 Å². The van der Waals surface area contributed by atoms with Gasteiger partial charge in [0.25, 0.3) is 11.1 Å². The number of carbonyl (C=O) groups is 1. The number of nitrogens with zero attached hydrogens (tertiary/aromatic N) is 1. The minimum Gasteiger partial charge on any atom is -0.432 e. The lowest BCUT2D eigenvalue weighted by Crippen LogP contribution is -2.33. The molecule has 0 atom stereocenters. The first-order valence-electron chi connectivity index (χ1n) is 7.89. The van der Waals surface area contributed by atoms with Gasteiger partial charge in [-0.15, -0.1) is 13.2 Å². The van der Waals surface area contributed by atoms with Crippen molar-refractivity contribution in [1.82, 2.24) is 4.90 Å². The maximum Gasteiger partial charge on any atom is 0.265 e. The standard InChI is InChI=1S/C20H19FN2O2S/c1-3-13-23(14-4-2)20(26)25-16-11-9-15(10-12-16)19(24)22-18-8-6-5-7-17(18)21/h3-12H,1-2,13-14H2,(H,22,24). The van der Waals surface area contributed by atoms with E-state index >= 15 is 0 Å². The van der Waals surface area contributed by atoms with Crippen LogP contribution in [-0.4, -0.2) is 29.1 Å². The Labute approximate surface area is 157 Å². The Hall–Kier alpha value is -2.99. The quantitative estimate of drug-likeness (QED) is 0.579. The van der Waals surface area contributed by atoms with Crippen molar-refractivity contribution in [2.24, 2.45) is 0 Å². The van der Waals surface area contributed by atoms with Crippen LogP contribution in [0.2, 0.25) is 0 Å². The van der Waals surface area contributed by atoms with E-state index in [1.807, 2.05) is 0 Å². The Kier molecular flexibility index (Phi) is 7.05. The van der Waals surface area contributed by atoms with E-state index in [-0.39, 0.29) is 10.9 Å². The van der Waals surface area contributed by atoms with Crippen LogP contribution in [0.15, 0.2) is 73.8 Å². The number of halogens is 1. The van der Waals surface area contributed by atoms with Crippen LogP contribution in [-0.2, 0) is 0 Å². The topological polar surface area (TPSA) is 41.6 Å². The summed E-state index contributed by atoms with van der Waals surface area (Å²) in [7, 11) is 0. The van der Waals surface area contributed by atoms with Gasteiger partial charge in [-0.25, -0.2) is 4.39 Å². The minimum absolute atomic E-state index is 0.128. The van der Waals surface area contributed by atoms with E-state index in [0.29, 0.717) is 24.4 Å². The maximum absolute atomic E-state index is 13.6. The number of hydrogen-bond donors (Lipinski definition) is 1. The molecule has 0 aliphatic rings. The molecule has 1 N–H and O–H groups in total. The van der Waals surface area contributed by atoms with E-state index in [1.165, 1.54) is 12.1 Å². The average molecular weight is 370 g/mol. The molecule has 0 aliphatic carbocycles. The van der Waals surface area contributed by atoms with Crippen LogP contribution in [0.4, 0.5) is 10.1 Å². The molecule has 1 amide bonds. The fourth-order valence-electron chi connectivity index (χ4n) is 2.13. The van der Waals surface area contributed by atoms with Gasteiger partial charge in [0.05, 0.1) is 5.69 Å². The van der Waals surface area contributed by atoms with Crippen molar-refractivity contribution in [1.29, 1.82) is 0 Å². The number of para-hydroxylation sites is 1. The third-order valence-electron chi connectivity index (χ3n) is 3.40. The van der Waals surface area contributed by atoms with Gasteiger partial charge >= 0.3 is 0 Å². The molecule has 0 fully saturated rings. The van der Waals surface area contributed by atoms with Crippen LogP contribution in [0.3, 0.4) is 0 Å². The molecule has 6 heteroatoms. The van der Waals surface area contributed by atoms with E-state index in [4.69, 9.17) is 17.0 Å². The van der Waals surface area contributed by atoms with Crippen molar-refractivity contribution >= 4 is 29.0 Å². The number of rotatable bonds is 7. The molecule has 26 heavy (non-hydrogen) atoms. The molecule has 0 spiro atoms. The van der Waals surface area contributed by atoms with Gasteiger partial charge in [-0.2, -0.15) is 0 Å². The zero-order valence-electron chi connectivity index (χ0n) is 14.2. The van der Waals surface area contributed by atoms with Crippen molar-refractivity contribution in [2.45, 2.75) is 0 Å². The SMILES string of the molecule is C=CCN(CC=C)C(=S)Oc1ccc(C(=O)Nc2ccccc2F)cc1. The highest BCUT2D eigenvalue weighted by atomic mass is 32.1. The molecule has 0 saturated carbocycles. The third kappa shape index (κ3) is 5.26. The second kappa shape index (κ2) is 9.48. The second-order valence-electron chi connectivity index (χ2n) is 5.31. The number of benzene rings is 2. The summed E-state index contributed by atoms with van der Waals surface area (Å²) in [5.74, 6) is -0.407. The van der Waals surface area contributed by atoms with Gasteiger partial charge in [0, 0.05) is 18.7 Å². The van der Waals surface area contributed by atoms with Crippen molar-refractivity contribution < 1.29 is 13.9 Å². The van der Waals surface area contributed by atoms with Gasteiger partial charge in [-0.3, -0.25) is 4.79 Å². The first-order valence-corrected chi connectivity index (χ1v) is 8.30. The number of hydrogen-bond acceptors (Lipinski definition) is 3. The largest absolute Gasteiger partial charge is 0.432 e. The number of ether oxygens (including phenoxy) is 1. The highest BCUT2D eigenvalue weighted by Gasteiger charge is 2.11. The van der Waals surface area contributed by atoms with E-state index in [2.05, 4.69) is 18.5 Å². The Morgan fingerprint density at radius 1 is 1.12 bits per heavy atom. The van der Waals surface area contributed by atoms with Crippen molar-refractivity contribution in [3.05, 3.63) is 85.2 Å². The van der Waals surface area contributed by atoms with Gasteiger partial charge in [-0.05, 0) is 48.6 Å². The molecule has 0 aliphatic heterocycles. The average Bonchev–Trinajstić information content (AvgIpc) is 2.64. The molecular formula is C20H19FN2O2S. The zero-order valence-corrected chi connectivity index (χ0v) is 15.0. The normalized spacial score (nSPS) is 9.88. The summed E-state index contributed by atoms with van der Waals surface area (Å²) in [5, 5.41) is 2.81. The van der Waals surface area contributed by atoms with E-state index < -0.39 is 11.7 Å². The number of carbonyl (C=O) groups excluding carboxylic acids is 1. The highest BCUT2D eigenvalue weighted by Crippen LogP contribution is 2.17. The lowest BCUT2D eigenvalue weighted by Gasteiger charge is -2.21. The third-order valence-corrected chi connectivity index (χ3v) is 3.74. The summed E-state index contributed by atoms with van der Waals surface area (Å²) in [4.78, 5) is 14.0. The first-order chi connectivity index (χ1) is 12.5. The Bertz CT molecular complexity index is 796. The van der Waals surface area contributed by atoms with Gasteiger partial charge in [0.1, 0.15) is 11.6 Å². The van der Waals surface area contributed by atoms with Crippen LogP contribution in [0.5, 0.6) is 5.75 Å².